The summed E-state index contributed by atoms with van der Waals surface area (Å²) in [5.74, 6) is 1.77. The van der Waals surface area contributed by atoms with Crippen LogP contribution in [-0.4, -0.2) is 51.1 Å². The fourth-order valence-corrected chi connectivity index (χ4v) is 5.61. The second kappa shape index (κ2) is 10.2. The molecule has 0 saturated heterocycles. The van der Waals surface area contributed by atoms with Crippen LogP contribution in [-0.2, 0) is 4.79 Å². The van der Waals surface area contributed by atoms with Crippen LogP contribution in [0.15, 0.2) is 36.4 Å². The zero-order chi connectivity index (χ0) is 25.3. The van der Waals surface area contributed by atoms with Crippen molar-refractivity contribution in [3.8, 4) is 17.2 Å². The summed E-state index contributed by atoms with van der Waals surface area (Å²) in [5, 5.41) is 3.36. The van der Waals surface area contributed by atoms with Crippen molar-refractivity contribution < 1.29 is 23.8 Å². The average Bonchev–Trinajstić information content (AvgIpc) is 2.87. The minimum atomic E-state index is -0.606. The number of carbonyl (C=O) groups excluding carboxylic acids is 2. The van der Waals surface area contributed by atoms with E-state index in [4.69, 9.17) is 14.2 Å². The van der Waals surface area contributed by atoms with Gasteiger partial charge in [0.25, 0.3) is 5.91 Å². The molecule has 4 rings (SSSR count). The molecule has 0 radical (unpaired) electrons. The Labute approximate surface area is 207 Å². The van der Waals surface area contributed by atoms with E-state index in [0.717, 1.165) is 24.2 Å². The molecule has 35 heavy (non-hydrogen) atoms. The minimum Gasteiger partial charge on any atom is -0.497 e. The Bertz CT molecular complexity index is 1080. The lowest BCUT2D eigenvalue weighted by Gasteiger charge is -2.42. The molecule has 0 bridgehead atoms. The van der Waals surface area contributed by atoms with Crippen LogP contribution in [0, 0.1) is 11.8 Å². The van der Waals surface area contributed by atoms with Gasteiger partial charge in [0.1, 0.15) is 5.75 Å². The van der Waals surface area contributed by atoms with Gasteiger partial charge in [0.15, 0.2) is 11.5 Å². The topological polar surface area (TPSA) is 77.1 Å². The number of methoxy groups -OCH3 is 3. The van der Waals surface area contributed by atoms with Crippen molar-refractivity contribution in [1.82, 2.24) is 10.2 Å². The fourth-order valence-electron chi connectivity index (χ4n) is 5.61. The number of fused-ring (bicyclic) bond motifs is 1. The Morgan fingerprint density at radius 1 is 0.971 bits per heavy atom. The molecule has 1 fully saturated rings. The number of rotatable bonds is 6. The van der Waals surface area contributed by atoms with Crippen LogP contribution < -0.4 is 19.5 Å². The van der Waals surface area contributed by atoms with Gasteiger partial charge in [-0.3, -0.25) is 9.59 Å². The van der Waals surface area contributed by atoms with Gasteiger partial charge in [-0.1, -0.05) is 38.8 Å². The van der Waals surface area contributed by atoms with Crippen LogP contribution in [0.2, 0.25) is 0 Å². The van der Waals surface area contributed by atoms with Crippen molar-refractivity contribution in [3.05, 3.63) is 53.1 Å². The predicted molar refractivity (Wildman–Crippen MR) is 134 cm³/mol. The van der Waals surface area contributed by atoms with Crippen molar-refractivity contribution in [3.63, 3.8) is 0 Å². The molecule has 2 aromatic rings. The van der Waals surface area contributed by atoms with Crippen LogP contribution in [0.3, 0.4) is 0 Å². The first-order valence-electron chi connectivity index (χ1n) is 12.3. The standard InChI is InChI=1S/C28H36N2O5/c1-16-8-7-9-22(17(16)2)29-27(31)25-20-14-23(34-5)24(35-6)15-21(20)28(32)30(3)26(25)18-10-12-19(33-4)13-11-18/h10-17,22,25-26H,7-9H2,1-6H3,(H,29,31)/t16-,17+,22-,25+,26+/m0/s1. The zero-order valence-corrected chi connectivity index (χ0v) is 21.5. The first kappa shape index (κ1) is 24.9. The molecular weight excluding hydrogens is 444 g/mol. The van der Waals surface area contributed by atoms with Crippen LogP contribution in [0.5, 0.6) is 17.2 Å². The number of benzene rings is 2. The highest BCUT2D eigenvalue weighted by Gasteiger charge is 2.44. The van der Waals surface area contributed by atoms with E-state index in [-0.39, 0.29) is 17.9 Å². The third-order valence-corrected chi connectivity index (χ3v) is 7.95. The van der Waals surface area contributed by atoms with Crippen LogP contribution in [0.1, 0.15) is 66.6 Å². The molecular formula is C28H36N2O5. The summed E-state index contributed by atoms with van der Waals surface area (Å²) >= 11 is 0. The Kier molecular flexibility index (Phi) is 7.24. The molecule has 2 aromatic carbocycles. The second-order valence-electron chi connectivity index (χ2n) is 9.79. The first-order chi connectivity index (χ1) is 16.8. The van der Waals surface area contributed by atoms with Gasteiger partial charge < -0.3 is 24.4 Å². The van der Waals surface area contributed by atoms with E-state index in [9.17, 15) is 9.59 Å². The van der Waals surface area contributed by atoms with Crippen molar-refractivity contribution in [2.75, 3.05) is 28.4 Å². The maximum absolute atomic E-state index is 14.0. The van der Waals surface area contributed by atoms with E-state index in [1.165, 1.54) is 13.5 Å². The summed E-state index contributed by atoms with van der Waals surface area (Å²) in [5.41, 5.74) is 1.98. The third kappa shape index (κ3) is 4.56. The quantitative estimate of drug-likeness (QED) is 0.656. The lowest BCUT2D eigenvalue weighted by molar-refractivity contribution is -0.125. The predicted octanol–water partition coefficient (Wildman–Crippen LogP) is 4.56. The fraction of sp³-hybridized carbons (Fsp3) is 0.500. The molecule has 188 valence electrons. The molecule has 1 heterocycles. The maximum Gasteiger partial charge on any atom is 0.254 e. The largest absolute Gasteiger partial charge is 0.497 e. The number of hydrogen-bond acceptors (Lipinski definition) is 5. The Hall–Kier alpha value is -3.22. The molecule has 1 aliphatic carbocycles. The molecule has 1 aliphatic heterocycles. The van der Waals surface area contributed by atoms with Gasteiger partial charge in [0.05, 0.1) is 33.3 Å². The van der Waals surface area contributed by atoms with E-state index in [2.05, 4.69) is 19.2 Å². The van der Waals surface area contributed by atoms with Crippen molar-refractivity contribution in [2.24, 2.45) is 11.8 Å². The molecule has 5 atom stereocenters. The van der Waals surface area contributed by atoms with Crippen molar-refractivity contribution in [1.29, 1.82) is 0 Å². The number of hydrogen-bond donors (Lipinski definition) is 1. The molecule has 0 aromatic heterocycles. The molecule has 7 nitrogen and oxygen atoms in total. The Morgan fingerprint density at radius 3 is 2.26 bits per heavy atom. The number of carbonyl (C=O) groups is 2. The van der Waals surface area contributed by atoms with E-state index in [0.29, 0.717) is 34.5 Å². The van der Waals surface area contributed by atoms with E-state index in [1.54, 1.807) is 38.3 Å². The van der Waals surface area contributed by atoms with Crippen LogP contribution in [0.4, 0.5) is 0 Å². The highest BCUT2D eigenvalue weighted by atomic mass is 16.5. The molecule has 2 aliphatic rings. The first-order valence-corrected chi connectivity index (χ1v) is 12.3. The van der Waals surface area contributed by atoms with Gasteiger partial charge in [0, 0.05) is 18.7 Å². The van der Waals surface area contributed by atoms with Gasteiger partial charge in [-0.05, 0) is 53.6 Å². The number of amides is 2. The normalized spacial score (nSPS) is 26.1. The number of nitrogens with one attached hydrogen (secondary N) is 1. The van der Waals surface area contributed by atoms with E-state index < -0.39 is 12.0 Å². The Morgan fingerprint density at radius 2 is 1.63 bits per heavy atom. The van der Waals surface area contributed by atoms with Gasteiger partial charge in [-0.15, -0.1) is 0 Å². The highest BCUT2D eigenvalue weighted by Crippen LogP contribution is 2.46. The average molecular weight is 481 g/mol. The summed E-state index contributed by atoms with van der Waals surface area (Å²) < 4.78 is 16.3. The highest BCUT2D eigenvalue weighted by molar-refractivity contribution is 6.02. The lowest BCUT2D eigenvalue weighted by Crippen LogP contribution is -2.50. The maximum atomic E-state index is 14.0. The van der Waals surface area contributed by atoms with Gasteiger partial charge in [-0.2, -0.15) is 0 Å². The Balaban J connectivity index is 1.82. The summed E-state index contributed by atoms with van der Waals surface area (Å²) in [6.45, 7) is 4.47. The molecule has 0 unspecified atom stereocenters. The molecule has 7 heteroatoms. The van der Waals surface area contributed by atoms with Gasteiger partial charge >= 0.3 is 0 Å². The van der Waals surface area contributed by atoms with E-state index in [1.807, 2.05) is 24.3 Å². The number of ether oxygens (including phenoxy) is 3. The SMILES string of the molecule is COc1ccc([C@@H]2[C@H](C(=O)N[C@H]3CCC[C@H](C)[C@H]3C)c3cc(OC)c(OC)cc3C(=O)N2C)cc1. The minimum absolute atomic E-state index is 0.0791. The third-order valence-electron chi connectivity index (χ3n) is 7.95. The summed E-state index contributed by atoms with van der Waals surface area (Å²) in [4.78, 5) is 29.2. The van der Waals surface area contributed by atoms with Crippen molar-refractivity contribution in [2.45, 2.75) is 51.1 Å². The van der Waals surface area contributed by atoms with E-state index >= 15 is 0 Å². The smallest absolute Gasteiger partial charge is 0.254 e. The molecule has 0 spiro atoms. The van der Waals surface area contributed by atoms with Crippen LogP contribution >= 0.6 is 0 Å². The monoisotopic (exact) mass is 480 g/mol. The number of nitrogens with zero attached hydrogens (tertiary/aromatic N) is 1. The second-order valence-corrected chi connectivity index (χ2v) is 9.79. The summed E-state index contributed by atoms with van der Waals surface area (Å²) in [7, 11) is 6.46. The van der Waals surface area contributed by atoms with Crippen LogP contribution in [0.25, 0.3) is 0 Å². The van der Waals surface area contributed by atoms with Gasteiger partial charge in [0.2, 0.25) is 5.91 Å². The summed E-state index contributed by atoms with van der Waals surface area (Å²) in [6, 6.07) is 10.7. The van der Waals surface area contributed by atoms with Crippen molar-refractivity contribution >= 4 is 11.8 Å². The molecule has 2 amide bonds. The zero-order valence-electron chi connectivity index (χ0n) is 21.5. The lowest BCUT2D eigenvalue weighted by atomic mass is 9.76. The molecule has 1 saturated carbocycles. The van der Waals surface area contributed by atoms with Gasteiger partial charge in [-0.25, -0.2) is 0 Å². The summed E-state index contributed by atoms with van der Waals surface area (Å²) in [6.07, 6.45) is 3.25. The number of likely N-dealkylation sites (N-methyl/N-ethyl adjacent to an activating group) is 1. The molecule has 1 N–H and O–H groups in total.